The van der Waals surface area contributed by atoms with Crippen molar-refractivity contribution in [3.63, 3.8) is 0 Å². The van der Waals surface area contributed by atoms with E-state index in [9.17, 15) is 5.11 Å². The topological polar surface area (TPSA) is 24.1 Å². The summed E-state index contributed by atoms with van der Waals surface area (Å²) in [4.78, 5) is 0. The highest BCUT2D eigenvalue weighted by Gasteiger charge is 2.11. The first-order chi connectivity index (χ1) is 7.36. The van der Waals surface area contributed by atoms with Gasteiger partial charge in [-0.2, -0.15) is 0 Å². The Bertz CT molecular complexity index is 399. The summed E-state index contributed by atoms with van der Waals surface area (Å²) in [6.07, 6.45) is 3.46. The molecule has 2 nitrogen and oxygen atoms in total. The van der Waals surface area contributed by atoms with Gasteiger partial charge in [-0.1, -0.05) is 36.4 Å². The van der Waals surface area contributed by atoms with Gasteiger partial charge in [0.2, 0.25) is 0 Å². The number of pyridine rings is 1. The van der Waals surface area contributed by atoms with Gasteiger partial charge in [-0.05, 0) is 5.56 Å². The van der Waals surface area contributed by atoms with E-state index in [1.165, 1.54) is 0 Å². The fourth-order valence-corrected chi connectivity index (χ4v) is 1.54. The number of nitrogens with zero attached hydrogens (tertiary/aromatic N) is 1. The number of rotatable bonds is 3. The predicted octanol–water partition coefficient (Wildman–Crippen LogP) is 1.71. The van der Waals surface area contributed by atoms with Gasteiger partial charge >= 0.3 is 0 Å². The highest BCUT2D eigenvalue weighted by molar-refractivity contribution is 5.16. The highest BCUT2D eigenvalue weighted by atomic mass is 16.3. The van der Waals surface area contributed by atoms with Crippen LogP contribution in [-0.2, 0) is 6.54 Å². The fourth-order valence-electron chi connectivity index (χ4n) is 1.54. The molecule has 15 heavy (non-hydrogen) atoms. The smallest absolute Gasteiger partial charge is 0.178 e. The third-order valence-electron chi connectivity index (χ3n) is 2.35. The van der Waals surface area contributed by atoms with E-state index in [2.05, 4.69) is 0 Å². The lowest BCUT2D eigenvalue weighted by Gasteiger charge is -2.06. The second-order valence-electron chi connectivity index (χ2n) is 3.50. The van der Waals surface area contributed by atoms with E-state index in [-0.39, 0.29) is 0 Å². The van der Waals surface area contributed by atoms with E-state index in [0.717, 1.165) is 5.56 Å². The van der Waals surface area contributed by atoms with Crippen LogP contribution in [0.15, 0.2) is 60.9 Å². The van der Waals surface area contributed by atoms with Crippen molar-refractivity contribution in [2.75, 3.05) is 0 Å². The molecule has 0 spiro atoms. The van der Waals surface area contributed by atoms with Crippen LogP contribution in [-0.4, -0.2) is 5.11 Å². The summed E-state index contributed by atoms with van der Waals surface area (Å²) in [5.74, 6) is 0. The molecule has 0 fully saturated rings. The lowest BCUT2D eigenvalue weighted by atomic mass is 10.1. The van der Waals surface area contributed by atoms with Crippen LogP contribution in [0.3, 0.4) is 0 Å². The summed E-state index contributed by atoms with van der Waals surface area (Å²) >= 11 is 0. The molecule has 1 atom stereocenters. The number of benzene rings is 1. The first kappa shape index (κ1) is 9.87. The Labute approximate surface area is 89.4 Å². The number of aliphatic hydroxyl groups excluding tert-OH is 1. The van der Waals surface area contributed by atoms with Gasteiger partial charge in [0.15, 0.2) is 18.9 Å². The molecular formula is C13H14NO+. The zero-order valence-electron chi connectivity index (χ0n) is 8.45. The summed E-state index contributed by atoms with van der Waals surface area (Å²) < 4.78 is 1.97. The quantitative estimate of drug-likeness (QED) is 0.749. The largest absolute Gasteiger partial charge is 0.382 e. The summed E-state index contributed by atoms with van der Waals surface area (Å²) in [7, 11) is 0. The lowest BCUT2D eigenvalue weighted by Crippen LogP contribution is -2.35. The summed E-state index contributed by atoms with van der Waals surface area (Å²) in [5, 5.41) is 9.95. The molecule has 0 bridgehead atoms. The van der Waals surface area contributed by atoms with Crippen molar-refractivity contribution in [1.82, 2.24) is 0 Å². The van der Waals surface area contributed by atoms with Gasteiger partial charge in [-0.25, -0.2) is 4.57 Å². The van der Waals surface area contributed by atoms with E-state index in [1.807, 2.05) is 65.5 Å². The molecule has 0 aliphatic heterocycles. The van der Waals surface area contributed by atoms with Crippen LogP contribution in [0.4, 0.5) is 0 Å². The minimum Gasteiger partial charge on any atom is -0.382 e. The van der Waals surface area contributed by atoms with E-state index in [0.29, 0.717) is 6.54 Å². The Morgan fingerprint density at radius 2 is 1.53 bits per heavy atom. The molecule has 0 saturated carbocycles. The molecule has 2 aromatic rings. The molecule has 0 radical (unpaired) electrons. The second-order valence-corrected chi connectivity index (χ2v) is 3.50. The molecule has 0 unspecified atom stereocenters. The molecule has 1 aromatic heterocycles. The zero-order chi connectivity index (χ0) is 10.5. The van der Waals surface area contributed by atoms with Crippen LogP contribution in [0.2, 0.25) is 0 Å². The Morgan fingerprint density at radius 3 is 2.20 bits per heavy atom. The van der Waals surface area contributed by atoms with Crippen molar-refractivity contribution in [1.29, 1.82) is 0 Å². The van der Waals surface area contributed by atoms with Crippen molar-refractivity contribution in [3.05, 3.63) is 66.5 Å². The van der Waals surface area contributed by atoms with Gasteiger partial charge in [-0.3, -0.25) is 0 Å². The molecule has 2 heteroatoms. The monoisotopic (exact) mass is 200 g/mol. The second kappa shape index (κ2) is 4.71. The van der Waals surface area contributed by atoms with Gasteiger partial charge in [0, 0.05) is 12.1 Å². The van der Waals surface area contributed by atoms with Gasteiger partial charge in [0.25, 0.3) is 0 Å². The SMILES string of the molecule is O[C@@H](C[n+]1ccccc1)c1ccccc1. The normalized spacial score (nSPS) is 12.3. The molecule has 2 rings (SSSR count). The minimum absolute atomic E-state index is 0.446. The first-order valence-electron chi connectivity index (χ1n) is 5.03. The molecule has 1 heterocycles. The highest BCUT2D eigenvalue weighted by Crippen LogP contribution is 2.11. The van der Waals surface area contributed by atoms with E-state index in [4.69, 9.17) is 0 Å². The molecule has 0 amide bonds. The zero-order valence-corrected chi connectivity index (χ0v) is 8.45. The Hall–Kier alpha value is -1.67. The third kappa shape index (κ3) is 2.64. The Kier molecular flexibility index (Phi) is 3.10. The number of aliphatic hydroxyl groups is 1. The molecule has 76 valence electrons. The van der Waals surface area contributed by atoms with E-state index < -0.39 is 6.10 Å². The Morgan fingerprint density at radius 1 is 0.933 bits per heavy atom. The summed E-state index contributed by atoms with van der Waals surface area (Å²) in [6.45, 7) is 0.588. The van der Waals surface area contributed by atoms with Gasteiger partial charge < -0.3 is 5.11 Å². The van der Waals surface area contributed by atoms with Crippen molar-refractivity contribution in [2.45, 2.75) is 12.6 Å². The van der Waals surface area contributed by atoms with E-state index in [1.54, 1.807) is 0 Å². The van der Waals surface area contributed by atoms with Crippen molar-refractivity contribution in [2.24, 2.45) is 0 Å². The van der Waals surface area contributed by atoms with Crippen LogP contribution in [0.25, 0.3) is 0 Å². The minimum atomic E-state index is -0.446. The standard InChI is InChI=1S/C13H14NO/c15-13(12-7-3-1-4-8-12)11-14-9-5-2-6-10-14/h1-10,13,15H,11H2/q+1/t13-/m0/s1. The molecule has 1 aromatic carbocycles. The average molecular weight is 200 g/mol. The number of hydrogen-bond acceptors (Lipinski definition) is 1. The average Bonchev–Trinajstić information content (AvgIpc) is 2.31. The lowest BCUT2D eigenvalue weighted by molar-refractivity contribution is -0.704. The number of hydrogen-bond donors (Lipinski definition) is 1. The van der Waals surface area contributed by atoms with Crippen LogP contribution < -0.4 is 4.57 Å². The summed E-state index contributed by atoms with van der Waals surface area (Å²) in [5.41, 5.74) is 0.953. The van der Waals surface area contributed by atoms with Crippen molar-refractivity contribution >= 4 is 0 Å². The Balaban J connectivity index is 2.08. The molecule has 0 aliphatic rings. The first-order valence-corrected chi connectivity index (χ1v) is 5.03. The number of aromatic nitrogens is 1. The fraction of sp³-hybridized carbons (Fsp3) is 0.154. The maximum absolute atomic E-state index is 9.95. The third-order valence-corrected chi connectivity index (χ3v) is 2.35. The molecule has 0 aliphatic carbocycles. The van der Waals surface area contributed by atoms with Crippen LogP contribution in [0.1, 0.15) is 11.7 Å². The van der Waals surface area contributed by atoms with Gasteiger partial charge in [0.05, 0.1) is 0 Å². The van der Waals surface area contributed by atoms with Crippen LogP contribution in [0, 0.1) is 0 Å². The van der Waals surface area contributed by atoms with E-state index >= 15 is 0 Å². The maximum atomic E-state index is 9.95. The van der Waals surface area contributed by atoms with Crippen molar-refractivity contribution in [3.8, 4) is 0 Å². The molecule has 1 N–H and O–H groups in total. The molecular weight excluding hydrogens is 186 g/mol. The molecule has 0 saturated heterocycles. The maximum Gasteiger partial charge on any atom is 0.178 e. The van der Waals surface area contributed by atoms with Gasteiger partial charge in [0.1, 0.15) is 6.10 Å². The predicted molar refractivity (Wildman–Crippen MR) is 58.0 cm³/mol. The summed E-state index contributed by atoms with van der Waals surface area (Å²) in [6, 6.07) is 15.6. The van der Waals surface area contributed by atoms with Crippen molar-refractivity contribution < 1.29 is 9.67 Å². The van der Waals surface area contributed by atoms with Gasteiger partial charge in [-0.15, -0.1) is 0 Å². The van der Waals surface area contributed by atoms with Crippen LogP contribution >= 0.6 is 0 Å². The van der Waals surface area contributed by atoms with Crippen LogP contribution in [0.5, 0.6) is 0 Å².